The highest BCUT2D eigenvalue weighted by Gasteiger charge is 2.19. The molecule has 1 aromatic carbocycles. The second-order valence-corrected chi connectivity index (χ2v) is 8.40. The molecular formula is C24H24ClFN6. The van der Waals surface area contributed by atoms with Crippen LogP contribution in [0.15, 0.2) is 48.7 Å². The van der Waals surface area contributed by atoms with Gasteiger partial charge in [0.25, 0.3) is 0 Å². The van der Waals surface area contributed by atoms with Crippen LogP contribution in [-0.2, 0) is 6.54 Å². The maximum absolute atomic E-state index is 13.5. The van der Waals surface area contributed by atoms with E-state index in [2.05, 4.69) is 26.7 Å². The van der Waals surface area contributed by atoms with Gasteiger partial charge in [-0.1, -0.05) is 23.7 Å². The van der Waals surface area contributed by atoms with Gasteiger partial charge in [-0.05, 0) is 61.6 Å². The number of aromatic nitrogens is 2. The molecule has 6 nitrogen and oxygen atoms in total. The monoisotopic (exact) mass is 450 g/mol. The molecule has 164 valence electrons. The van der Waals surface area contributed by atoms with Gasteiger partial charge in [0.15, 0.2) is 0 Å². The first-order chi connectivity index (χ1) is 15.5. The molecule has 1 aliphatic rings. The highest BCUT2D eigenvalue weighted by Crippen LogP contribution is 2.31. The number of halogens is 2. The van der Waals surface area contributed by atoms with Crippen molar-refractivity contribution >= 4 is 23.2 Å². The highest BCUT2D eigenvalue weighted by molar-refractivity contribution is 6.33. The number of nitrogens with two attached hydrogens (primary N) is 1. The zero-order chi connectivity index (χ0) is 22.5. The molecule has 0 spiro atoms. The lowest BCUT2D eigenvalue weighted by Crippen LogP contribution is -2.33. The Kier molecular flexibility index (Phi) is 6.84. The third kappa shape index (κ3) is 5.34. The summed E-state index contributed by atoms with van der Waals surface area (Å²) >= 11 is 6.44. The van der Waals surface area contributed by atoms with Gasteiger partial charge in [-0.2, -0.15) is 5.26 Å². The first-order valence-electron chi connectivity index (χ1n) is 10.6. The first-order valence-corrected chi connectivity index (χ1v) is 11.0. The molecular weight excluding hydrogens is 427 g/mol. The molecule has 1 aliphatic carbocycles. The third-order valence-electron chi connectivity index (χ3n) is 5.62. The molecule has 1 saturated carbocycles. The smallest absolute Gasteiger partial charge is 0.144 e. The zero-order valence-corrected chi connectivity index (χ0v) is 18.2. The minimum atomic E-state index is -0.310. The van der Waals surface area contributed by atoms with Crippen molar-refractivity contribution in [1.29, 1.82) is 5.26 Å². The lowest BCUT2D eigenvalue weighted by Gasteiger charge is -2.27. The molecule has 2 aromatic heterocycles. The maximum Gasteiger partial charge on any atom is 0.144 e. The van der Waals surface area contributed by atoms with Crippen LogP contribution in [-0.4, -0.2) is 22.1 Å². The average Bonchev–Trinajstić information content (AvgIpc) is 2.80. The number of hydrogen-bond donors (Lipinski definition) is 3. The normalized spacial score (nSPS) is 18.1. The number of nitrogens with zero attached hydrogens (tertiary/aromatic N) is 3. The molecule has 0 amide bonds. The topological polar surface area (TPSA) is 99.7 Å². The van der Waals surface area contributed by atoms with Crippen LogP contribution < -0.4 is 16.4 Å². The second-order valence-electron chi connectivity index (χ2n) is 7.99. The van der Waals surface area contributed by atoms with Crippen molar-refractivity contribution in [2.45, 2.75) is 44.3 Å². The van der Waals surface area contributed by atoms with E-state index in [9.17, 15) is 9.65 Å². The van der Waals surface area contributed by atoms with Crippen LogP contribution in [0.5, 0.6) is 0 Å². The van der Waals surface area contributed by atoms with Crippen molar-refractivity contribution < 1.29 is 4.39 Å². The summed E-state index contributed by atoms with van der Waals surface area (Å²) in [6.07, 6.45) is 5.60. The molecule has 2 heterocycles. The number of pyridine rings is 2. The van der Waals surface area contributed by atoms with E-state index in [0.717, 1.165) is 42.6 Å². The van der Waals surface area contributed by atoms with E-state index in [1.165, 1.54) is 12.1 Å². The molecule has 0 atom stereocenters. The quantitative estimate of drug-likeness (QED) is 0.483. The molecule has 4 rings (SSSR count). The van der Waals surface area contributed by atoms with Crippen molar-refractivity contribution in [3.63, 3.8) is 0 Å². The second kappa shape index (κ2) is 9.94. The van der Waals surface area contributed by atoms with Crippen LogP contribution in [0.2, 0.25) is 5.02 Å². The van der Waals surface area contributed by atoms with E-state index in [1.54, 1.807) is 24.4 Å². The van der Waals surface area contributed by atoms with Crippen molar-refractivity contribution in [1.82, 2.24) is 9.97 Å². The Morgan fingerprint density at radius 3 is 2.72 bits per heavy atom. The molecule has 0 aliphatic heterocycles. The van der Waals surface area contributed by atoms with Crippen LogP contribution in [0.1, 0.15) is 36.8 Å². The summed E-state index contributed by atoms with van der Waals surface area (Å²) in [5.74, 6) is 0.832. The maximum atomic E-state index is 13.5. The Labute approximate surface area is 191 Å². The minimum absolute atomic E-state index is 0.280. The standard InChI is InChI=1S/C24H24ClFN6/c25-21-14-29-23(31-19-7-5-18(28)6-8-19)11-20(21)22-9-4-16(12-27)24(32-22)30-13-15-2-1-3-17(26)10-15/h1-4,9-11,14,18-19H,5-8,13,28H2,(H,29,31)(H,30,32). The summed E-state index contributed by atoms with van der Waals surface area (Å²) in [5, 5.41) is 16.5. The minimum Gasteiger partial charge on any atom is -0.367 e. The fraction of sp³-hybridized carbons (Fsp3) is 0.292. The van der Waals surface area contributed by atoms with E-state index in [0.29, 0.717) is 34.7 Å². The first kappa shape index (κ1) is 22.0. The predicted octanol–water partition coefficient (Wildman–Crippen LogP) is 5.10. The Morgan fingerprint density at radius 2 is 1.97 bits per heavy atom. The Balaban J connectivity index is 1.56. The number of nitriles is 1. The van der Waals surface area contributed by atoms with Gasteiger partial charge in [0.2, 0.25) is 0 Å². The molecule has 4 N–H and O–H groups in total. The van der Waals surface area contributed by atoms with Crippen molar-refractivity contribution in [2.75, 3.05) is 10.6 Å². The lowest BCUT2D eigenvalue weighted by atomic mass is 9.92. The number of nitrogens with one attached hydrogen (secondary N) is 2. The van der Waals surface area contributed by atoms with Crippen molar-refractivity contribution in [3.8, 4) is 17.3 Å². The number of hydrogen-bond acceptors (Lipinski definition) is 6. The van der Waals surface area contributed by atoms with E-state index < -0.39 is 0 Å². The van der Waals surface area contributed by atoms with Crippen LogP contribution in [0, 0.1) is 17.1 Å². The van der Waals surface area contributed by atoms with Crippen LogP contribution in [0.4, 0.5) is 16.0 Å². The fourth-order valence-corrected chi connectivity index (χ4v) is 4.05. The number of anilines is 2. The molecule has 0 unspecified atom stereocenters. The predicted molar refractivity (Wildman–Crippen MR) is 125 cm³/mol. The van der Waals surface area contributed by atoms with Gasteiger partial charge in [-0.25, -0.2) is 14.4 Å². The van der Waals surface area contributed by atoms with Crippen molar-refractivity contribution in [3.05, 3.63) is 70.6 Å². The number of benzene rings is 1. The largest absolute Gasteiger partial charge is 0.367 e. The van der Waals surface area contributed by atoms with E-state index in [4.69, 9.17) is 17.3 Å². The molecule has 0 saturated heterocycles. The molecule has 0 radical (unpaired) electrons. The summed E-state index contributed by atoms with van der Waals surface area (Å²) in [4.78, 5) is 9.04. The molecule has 8 heteroatoms. The van der Waals surface area contributed by atoms with Gasteiger partial charge < -0.3 is 16.4 Å². The summed E-state index contributed by atoms with van der Waals surface area (Å²) in [5.41, 5.74) is 8.48. The van der Waals surface area contributed by atoms with Gasteiger partial charge in [-0.15, -0.1) is 0 Å². The van der Waals surface area contributed by atoms with Crippen molar-refractivity contribution in [2.24, 2.45) is 5.73 Å². The van der Waals surface area contributed by atoms with Crippen LogP contribution in [0.3, 0.4) is 0 Å². The Morgan fingerprint density at radius 1 is 1.16 bits per heavy atom. The number of rotatable bonds is 6. The van der Waals surface area contributed by atoms with E-state index in [1.807, 2.05) is 12.1 Å². The summed E-state index contributed by atoms with van der Waals surface area (Å²) in [6, 6.07) is 14.4. The highest BCUT2D eigenvalue weighted by atomic mass is 35.5. The zero-order valence-electron chi connectivity index (χ0n) is 17.5. The SMILES string of the molecule is N#Cc1ccc(-c2cc(NC3CCC(N)CC3)ncc2Cl)nc1NCc1cccc(F)c1. The van der Waals surface area contributed by atoms with Gasteiger partial charge in [0.1, 0.15) is 23.5 Å². The van der Waals surface area contributed by atoms with Gasteiger partial charge in [0, 0.05) is 30.4 Å². The molecule has 0 bridgehead atoms. The lowest BCUT2D eigenvalue weighted by molar-refractivity contribution is 0.410. The van der Waals surface area contributed by atoms with Crippen LogP contribution >= 0.6 is 11.6 Å². The van der Waals surface area contributed by atoms with Gasteiger partial charge >= 0.3 is 0 Å². The third-order valence-corrected chi connectivity index (χ3v) is 5.92. The molecule has 1 fully saturated rings. The molecule has 3 aromatic rings. The summed E-state index contributed by atoms with van der Waals surface area (Å²) < 4.78 is 13.5. The van der Waals surface area contributed by atoms with Crippen LogP contribution in [0.25, 0.3) is 11.3 Å². The Bertz CT molecular complexity index is 1140. The van der Waals surface area contributed by atoms with Gasteiger partial charge in [0.05, 0.1) is 16.3 Å². The fourth-order valence-electron chi connectivity index (χ4n) is 3.85. The van der Waals surface area contributed by atoms with Gasteiger partial charge in [-0.3, -0.25) is 0 Å². The average molecular weight is 451 g/mol. The summed E-state index contributed by atoms with van der Waals surface area (Å²) in [7, 11) is 0. The Hall–Kier alpha value is -3.21. The van der Waals surface area contributed by atoms with E-state index in [-0.39, 0.29) is 11.9 Å². The van der Waals surface area contributed by atoms with E-state index >= 15 is 0 Å². The summed E-state index contributed by atoms with van der Waals surface area (Å²) in [6.45, 7) is 0.337. The molecule has 32 heavy (non-hydrogen) atoms.